The van der Waals surface area contributed by atoms with E-state index in [2.05, 4.69) is 58.6 Å². The number of methoxy groups -OCH3 is 2. The third-order valence-corrected chi connectivity index (χ3v) is 8.99. The molecule has 1 aromatic rings. The molecule has 182 valence electrons. The van der Waals surface area contributed by atoms with Crippen molar-refractivity contribution in [1.29, 1.82) is 0 Å². The minimum Gasteiger partial charge on any atom is -0.497 e. The second kappa shape index (κ2) is 9.20. The molecule has 0 unspecified atom stereocenters. The van der Waals surface area contributed by atoms with Gasteiger partial charge in [0.05, 0.1) is 32.0 Å². The zero-order chi connectivity index (χ0) is 24.0. The molecule has 3 aliphatic carbocycles. The lowest BCUT2D eigenvalue weighted by Crippen LogP contribution is -2.47. The molecule has 0 saturated heterocycles. The third kappa shape index (κ3) is 4.42. The van der Waals surface area contributed by atoms with Crippen molar-refractivity contribution < 1.29 is 19.3 Å². The van der Waals surface area contributed by atoms with E-state index in [0.717, 1.165) is 29.7 Å². The van der Waals surface area contributed by atoms with E-state index < -0.39 is 6.10 Å². The number of aliphatic hydroxyl groups is 1. The second-order valence-corrected chi connectivity index (χ2v) is 11.5. The van der Waals surface area contributed by atoms with Gasteiger partial charge in [0.2, 0.25) is 0 Å². The first kappa shape index (κ1) is 24.5. The fourth-order valence-corrected chi connectivity index (χ4v) is 7.21. The molecule has 1 aromatic carbocycles. The number of hydrogen-bond acceptors (Lipinski definition) is 4. The van der Waals surface area contributed by atoms with Crippen LogP contribution in [-0.4, -0.2) is 37.6 Å². The molecule has 3 aliphatic rings. The lowest BCUT2D eigenvalue weighted by molar-refractivity contribution is -0.103. The molecule has 2 saturated carbocycles. The summed E-state index contributed by atoms with van der Waals surface area (Å²) in [5.41, 5.74) is 1.91. The largest absolute Gasteiger partial charge is 0.497 e. The second-order valence-electron chi connectivity index (χ2n) is 11.5. The number of aliphatic hydroxyl groups excluding tert-OH is 1. The van der Waals surface area contributed by atoms with Gasteiger partial charge in [-0.1, -0.05) is 58.6 Å². The van der Waals surface area contributed by atoms with Crippen molar-refractivity contribution in [2.75, 3.05) is 14.2 Å². The summed E-state index contributed by atoms with van der Waals surface area (Å²) in [6.45, 7) is 14.1. The highest BCUT2D eigenvalue weighted by atomic mass is 16.5. The Hall–Kier alpha value is -1.62. The molecule has 4 rings (SSSR count). The minimum absolute atomic E-state index is 0.0115. The Bertz CT molecular complexity index is 872. The summed E-state index contributed by atoms with van der Waals surface area (Å²) in [6.07, 6.45) is 7.00. The van der Waals surface area contributed by atoms with Gasteiger partial charge in [-0.2, -0.15) is 0 Å². The molecule has 0 aliphatic heterocycles. The van der Waals surface area contributed by atoms with E-state index in [0.29, 0.717) is 30.8 Å². The Morgan fingerprint density at radius 2 is 1.73 bits per heavy atom. The van der Waals surface area contributed by atoms with Crippen LogP contribution in [0.3, 0.4) is 0 Å². The number of allylic oxidation sites excluding steroid dienone is 1. The average Bonchev–Trinajstić information content (AvgIpc) is 3.22. The van der Waals surface area contributed by atoms with Gasteiger partial charge in [-0.3, -0.25) is 0 Å². The van der Waals surface area contributed by atoms with Crippen molar-refractivity contribution in [3.63, 3.8) is 0 Å². The van der Waals surface area contributed by atoms with E-state index in [9.17, 15) is 5.11 Å². The standard InChI is InChI=1S/C29H42O4/c1-18-14-22-23(15-19(2)26(22)32-7)27(33-17-20-8-10-21(31-6)11-9-20)29(5)13-12-28(3,4)25(29)16-24(18)30/h8-13,19,22-27,30H,1,14-17H2,2-7H3/t19-,22+,23+,24+,25+,26+,27+,29-/m1/s1. The predicted molar refractivity (Wildman–Crippen MR) is 132 cm³/mol. The van der Waals surface area contributed by atoms with Gasteiger partial charge in [-0.25, -0.2) is 0 Å². The van der Waals surface area contributed by atoms with Crippen LogP contribution in [0.15, 0.2) is 48.6 Å². The molecule has 0 heterocycles. The normalized spacial score (nSPS) is 40.0. The first-order valence-electron chi connectivity index (χ1n) is 12.4. The monoisotopic (exact) mass is 454 g/mol. The van der Waals surface area contributed by atoms with E-state index >= 15 is 0 Å². The van der Waals surface area contributed by atoms with Crippen molar-refractivity contribution >= 4 is 0 Å². The fraction of sp³-hybridized carbons (Fsp3) is 0.655. The van der Waals surface area contributed by atoms with Crippen LogP contribution in [0.25, 0.3) is 0 Å². The van der Waals surface area contributed by atoms with Gasteiger partial charge < -0.3 is 19.3 Å². The Kier molecular flexibility index (Phi) is 6.83. The molecular weight excluding hydrogens is 412 g/mol. The number of hydrogen-bond donors (Lipinski definition) is 1. The van der Waals surface area contributed by atoms with Gasteiger partial charge in [0.25, 0.3) is 0 Å². The van der Waals surface area contributed by atoms with Crippen LogP contribution in [0.1, 0.15) is 52.5 Å². The molecule has 4 heteroatoms. The molecule has 1 N–H and O–H groups in total. The van der Waals surface area contributed by atoms with Gasteiger partial charge >= 0.3 is 0 Å². The quantitative estimate of drug-likeness (QED) is 0.572. The van der Waals surface area contributed by atoms with Crippen LogP contribution in [0.5, 0.6) is 5.75 Å². The highest BCUT2D eigenvalue weighted by molar-refractivity contribution is 5.27. The topological polar surface area (TPSA) is 47.9 Å². The van der Waals surface area contributed by atoms with Gasteiger partial charge in [0.1, 0.15) is 5.75 Å². The molecule has 0 radical (unpaired) electrons. The first-order chi connectivity index (χ1) is 15.6. The maximum absolute atomic E-state index is 11.2. The van der Waals surface area contributed by atoms with Crippen LogP contribution >= 0.6 is 0 Å². The van der Waals surface area contributed by atoms with Crippen molar-refractivity contribution in [2.45, 2.75) is 71.9 Å². The van der Waals surface area contributed by atoms with E-state index in [4.69, 9.17) is 14.2 Å². The first-order valence-corrected chi connectivity index (χ1v) is 12.4. The summed E-state index contributed by atoms with van der Waals surface area (Å²) in [5.74, 6) is 2.21. The number of fused-ring (bicyclic) bond motifs is 2. The average molecular weight is 455 g/mol. The summed E-state index contributed by atoms with van der Waals surface area (Å²) >= 11 is 0. The Balaban J connectivity index is 1.72. The summed E-state index contributed by atoms with van der Waals surface area (Å²) in [7, 11) is 3.51. The Morgan fingerprint density at radius 1 is 1.03 bits per heavy atom. The van der Waals surface area contributed by atoms with Gasteiger partial charge in [-0.05, 0) is 71.6 Å². The SMILES string of the molecule is C=C1C[C@H]2[C@H](C[C@@H](C)[C@@H]2OC)[C@H](OCc2ccc(OC)cc2)[C@]2(C)C=CC(C)(C)[C@@H]2C[C@@H]1O. The Labute approximate surface area is 200 Å². The molecule has 0 bridgehead atoms. The number of benzene rings is 1. The maximum Gasteiger partial charge on any atom is 0.118 e. The molecule has 0 amide bonds. The molecule has 2 fully saturated rings. The third-order valence-electron chi connectivity index (χ3n) is 8.99. The minimum atomic E-state index is -0.497. The van der Waals surface area contributed by atoms with Crippen LogP contribution in [0.2, 0.25) is 0 Å². The zero-order valence-corrected chi connectivity index (χ0v) is 21.2. The zero-order valence-electron chi connectivity index (χ0n) is 21.2. The lowest BCUT2D eigenvalue weighted by Gasteiger charge is -2.46. The molecule has 8 atom stereocenters. The van der Waals surface area contributed by atoms with Crippen molar-refractivity contribution in [2.24, 2.45) is 34.5 Å². The molecule has 0 spiro atoms. The predicted octanol–water partition coefficient (Wildman–Crippen LogP) is 5.80. The number of rotatable bonds is 5. The van der Waals surface area contributed by atoms with Gasteiger partial charge in [-0.15, -0.1) is 0 Å². The van der Waals surface area contributed by atoms with Crippen molar-refractivity contribution in [3.8, 4) is 5.75 Å². The summed E-state index contributed by atoms with van der Waals surface area (Å²) in [4.78, 5) is 0. The van der Waals surface area contributed by atoms with Crippen molar-refractivity contribution in [1.82, 2.24) is 0 Å². The smallest absolute Gasteiger partial charge is 0.118 e. The van der Waals surface area contributed by atoms with Gasteiger partial charge in [0.15, 0.2) is 0 Å². The summed E-state index contributed by atoms with van der Waals surface area (Å²) in [6, 6.07) is 8.15. The van der Waals surface area contributed by atoms with E-state index in [1.807, 2.05) is 19.2 Å². The molecule has 0 aromatic heterocycles. The van der Waals surface area contributed by atoms with Crippen LogP contribution < -0.4 is 4.74 Å². The molecular formula is C29H42O4. The molecule has 4 nitrogen and oxygen atoms in total. The van der Waals surface area contributed by atoms with Crippen molar-refractivity contribution in [3.05, 3.63) is 54.1 Å². The van der Waals surface area contributed by atoms with E-state index in [-0.39, 0.29) is 29.0 Å². The van der Waals surface area contributed by atoms with E-state index in [1.54, 1.807) is 7.11 Å². The highest BCUT2D eigenvalue weighted by Gasteiger charge is 2.57. The van der Waals surface area contributed by atoms with Crippen LogP contribution in [-0.2, 0) is 16.1 Å². The number of ether oxygens (including phenoxy) is 3. The maximum atomic E-state index is 11.2. The van der Waals surface area contributed by atoms with Crippen LogP contribution in [0.4, 0.5) is 0 Å². The Morgan fingerprint density at radius 3 is 2.36 bits per heavy atom. The molecule has 33 heavy (non-hydrogen) atoms. The van der Waals surface area contributed by atoms with E-state index in [1.165, 1.54) is 0 Å². The summed E-state index contributed by atoms with van der Waals surface area (Å²) < 4.78 is 18.3. The van der Waals surface area contributed by atoms with Gasteiger partial charge in [0, 0.05) is 12.5 Å². The fourth-order valence-electron chi connectivity index (χ4n) is 7.21. The highest BCUT2D eigenvalue weighted by Crippen LogP contribution is 2.59. The lowest BCUT2D eigenvalue weighted by atomic mass is 9.62. The van der Waals surface area contributed by atoms with Crippen LogP contribution in [0, 0.1) is 34.5 Å². The summed E-state index contributed by atoms with van der Waals surface area (Å²) in [5, 5.41) is 11.2.